The molecule has 0 aliphatic heterocycles. The lowest BCUT2D eigenvalue weighted by Gasteiger charge is -2.03. The van der Waals surface area contributed by atoms with Gasteiger partial charge in [-0.3, -0.25) is 9.48 Å². The van der Waals surface area contributed by atoms with Crippen LogP contribution in [0.5, 0.6) is 5.88 Å². The predicted octanol–water partition coefficient (Wildman–Crippen LogP) is 3.40. The Morgan fingerprint density at radius 2 is 2.23 bits per heavy atom. The summed E-state index contributed by atoms with van der Waals surface area (Å²) in [4.78, 5) is 12.1. The van der Waals surface area contributed by atoms with Crippen LogP contribution in [0.15, 0.2) is 45.5 Å². The lowest BCUT2D eigenvalue weighted by atomic mass is 10.2. The van der Waals surface area contributed by atoms with E-state index < -0.39 is 0 Å². The lowest BCUT2D eigenvalue weighted by Crippen LogP contribution is -2.13. The van der Waals surface area contributed by atoms with Gasteiger partial charge in [-0.05, 0) is 27.2 Å². The van der Waals surface area contributed by atoms with E-state index in [-0.39, 0.29) is 24.7 Å². The third kappa shape index (κ3) is 4.48. The van der Waals surface area contributed by atoms with Gasteiger partial charge < -0.3 is 14.6 Å². The van der Waals surface area contributed by atoms with Crippen LogP contribution >= 0.6 is 15.9 Å². The van der Waals surface area contributed by atoms with E-state index in [0.29, 0.717) is 33.9 Å². The van der Waals surface area contributed by atoms with E-state index >= 15 is 0 Å². The average molecular weight is 423 g/mol. The smallest absolute Gasteiger partial charge is 0.254 e. The molecule has 0 saturated carbocycles. The summed E-state index contributed by atoms with van der Waals surface area (Å²) in [6, 6.07) is 8.11. The number of aromatic nitrogens is 3. The molecule has 0 saturated heterocycles. The van der Waals surface area contributed by atoms with Crippen LogP contribution in [0.3, 0.4) is 0 Å². The molecule has 136 valence electrons. The zero-order valence-corrected chi connectivity index (χ0v) is 15.5. The first-order chi connectivity index (χ1) is 12.5. The zero-order chi connectivity index (χ0) is 18.5. The summed E-state index contributed by atoms with van der Waals surface area (Å²) in [7, 11) is 1.49. The highest BCUT2D eigenvalue weighted by Gasteiger charge is 2.13. The third-order valence-corrected chi connectivity index (χ3v) is 4.19. The Balaban J connectivity index is 1.58. The summed E-state index contributed by atoms with van der Waals surface area (Å²) in [5, 5.41) is 10.7. The van der Waals surface area contributed by atoms with E-state index in [1.54, 1.807) is 35.1 Å². The van der Waals surface area contributed by atoms with Crippen molar-refractivity contribution in [1.29, 1.82) is 0 Å². The second kappa shape index (κ2) is 8.13. The van der Waals surface area contributed by atoms with Crippen LogP contribution in [0.4, 0.5) is 10.2 Å². The molecule has 2 heterocycles. The number of ether oxygens (including phenoxy) is 1. The van der Waals surface area contributed by atoms with Crippen LogP contribution in [0.25, 0.3) is 0 Å². The summed E-state index contributed by atoms with van der Waals surface area (Å²) in [6.07, 6.45) is 2.27. The maximum atomic E-state index is 13.7. The Hall–Kier alpha value is -2.68. The molecule has 0 unspecified atom stereocenters. The number of aryl methyl sites for hydroxylation is 1. The van der Waals surface area contributed by atoms with E-state index in [0.717, 1.165) is 0 Å². The van der Waals surface area contributed by atoms with Crippen LogP contribution in [-0.4, -0.2) is 28.0 Å². The van der Waals surface area contributed by atoms with Gasteiger partial charge in [0.25, 0.3) is 5.88 Å². The summed E-state index contributed by atoms with van der Waals surface area (Å²) in [5.41, 5.74) is 0.514. The number of hydrogen-bond acceptors (Lipinski definition) is 5. The topological polar surface area (TPSA) is 82.2 Å². The Kier molecular flexibility index (Phi) is 5.67. The quantitative estimate of drug-likeness (QED) is 0.630. The maximum absolute atomic E-state index is 13.7. The number of carbonyl (C=O) groups is 1. The number of methoxy groups -OCH3 is 1. The minimum Gasteiger partial charge on any atom is -0.479 e. The fraction of sp³-hybridized carbons (Fsp3) is 0.235. The van der Waals surface area contributed by atoms with Gasteiger partial charge in [-0.25, -0.2) is 4.39 Å². The van der Waals surface area contributed by atoms with Crippen molar-refractivity contribution in [3.05, 3.63) is 58.1 Å². The number of nitrogens with one attached hydrogen (secondary N) is 1. The number of hydrogen-bond donors (Lipinski definition) is 1. The summed E-state index contributed by atoms with van der Waals surface area (Å²) in [6.45, 7) is 0.263. The first kappa shape index (κ1) is 18.1. The fourth-order valence-electron chi connectivity index (χ4n) is 2.30. The van der Waals surface area contributed by atoms with Crippen LogP contribution in [0, 0.1) is 5.82 Å². The van der Waals surface area contributed by atoms with Crippen LogP contribution in [-0.2, 0) is 17.8 Å². The van der Waals surface area contributed by atoms with E-state index in [9.17, 15) is 9.18 Å². The van der Waals surface area contributed by atoms with Crippen molar-refractivity contribution in [3.8, 4) is 5.88 Å². The Morgan fingerprint density at radius 1 is 1.42 bits per heavy atom. The highest BCUT2D eigenvalue weighted by Crippen LogP contribution is 2.22. The van der Waals surface area contributed by atoms with Gasteiger partial charge in [-0.1, -0.05) is 18.2 Å². The number of nitrogens with zero attached hydrogens (tertiary/aromatic N) is 3. The first-order valence-corrected chi connectivity index (χ1v) is 8.60. The largest absolute Gasteiger partial charge is 0.479 e. The summed E-state index contributed by atoms with van der Waals surface area (Å²) < 4.78 is 25.9. The summed E-state index contributed by atoms with van der Waals surface area (Å²) in [5.74, 6) is 0.780. The Labute approximate surface area is 157 Å². The number of halogens is 2. The van der Waals surface area contributed by atoms with E-state index in [4.69, 9.17) is 9.26 Å². The molecule has 3 rings (SSSR count). The first-order valence-electron chi connectivity index (χ1n) is 7.81. The van der Waals surface area contributed by atoms with Crippen molar-refractivity contribution in [1.82, 2.24) is 14.9 Å². The third-order valence-electron chi connectivity index (χ3n) is 3.61. The van der Waals surface area contributed by atoms with Gasteiger partial charge in [-0.15, -0.1) is 0 Å². The second-order valence-electron chi connectivity index (χ2n) is 5.50. The van der Waals surface area contributed by atoms with Crippen molar-refractivity contribution < 1.29 is 18.4 Å². The summed E-state index contributed by atoms with van der Waals surface area (Å²) >= 11 is 3.35. The molecule has 0 spiro atoms. The lowest BCUT2D eigenvalue weighted by molar-refractivity contribution is -0.116. The van der Waals surface area contributed by atoms with E-state index in [2.05, 4.69) is 31.5 Å². The molecule has 1 amide bonds. The maximum Gasteiger partial charge on any atom is 0.254 e. The van der Waals surface area contributed by atoms with E-state index in [1.165, 1.54) is 13.2 Å². The van der Waals surface area contributed by atoms with Crippen molar-refractivity contribution in [3.63, 3.8) is 0 Å². The standard InChI is InChI=1S/C17H16BrFN4O3/c1-25-16-8-12(26-22-16)6-7-15(24)20-17-13(18)10-23(21-17)9-11-4-2-3-5-14(11)19/h2-5,8,10H,6-7,9H2,1H3,(H,20,21,24). The minimum absolute atomic E-state index is 0.199. The fourth-order valence-corrected chi connectivity index (χ4v) is 2.72. The minimum atomic E-state index is -0.299. The molecule has 0 bridgehead atoms. The molecule has 0 aliphatic carbocycles. The Morgan fingerprint density at radius 3 is 2.96 bits per heavy atom. The molecular formula is C17H16BrFN4O3. The molecule has 0 atom stereocenters. The number of carbonyl (C=O) groups excluding carboxylic acids is 1. The molecule has 0 aliphatic rings. The van der Waals surface area contributed by atoms with Crippen LogP contribution in [0.1, 0.15) is 17.7 Å². The molecule has 3 aromatic rings. The Bertz CT molecular complexity index is 909. The number of amides is 1. The van der Waals surface area contributed by atoms with Crippen LogP contribution in [0.2, 0.25) is 0 Å². The SMILES string of the molecule is COc1cc(CCC(=O)Nc2nn(Cc3ccccc3F)cc2Br)on1. The normalized spacial score (nSPS) is 10.7. The highest BCUT2D eigenvalue weighted by molar-refractivity contribution is 9.10. The number of anilines is 1. The molecular weight excluding hydrogens is 407 g/mol. The number of rotatable bonds is 7. The van der Waals surface area contributed by atoms with Crippen LogP contribution < -0.4 is 10.1 Å². The highest BCUT2D eigenvalue weighted by atomic mass is 79.9. The van der Waals surface area contributed by atoms with Crippen molar-refractivity contribution in [2.45, 2.75) is 19.4 Å². The zero-order valence-electron chi connectivity index (χ0n) is 13.9. The van der Waals surface area contributed by atoms with Gasteiger partial charge >= 0.3 is 0 Å². The second-order valence-corrected chi connectivity index (χ2v) is 6.35. The molecule has 7 nitrogen and oxygen atoms in total. The van der Waals surface area contributed by atoms with Gasteiger partial charge in [0, 0.05) is 30.7 Å². The monoisotopic (exact) mass is 422 g/mol. The molecule has 2 aromatic heterocycles. The van der Waals surface area contributed by atoms with Crippen molar-refractivity contribution in [2.75, 3.05) is 12.4 Å². The average Bonchev–Trinajstić information content (AvgIpc) is 3.22. The van der Waals surface area contributed by atoms with Gasteiger partial charge in [-0.2, -0.15) is 5.10 Å². The van der Waals surface area contributed by atoms with Crippen molar-refractivity contribution >= 4 is 27.7 Å². The number of benzene rings is 1. The predicted molar refractivity (Wildman–Crippen MR) is 95.4 cm³/mol. The van der Waals surface area contributed by atoms with Gasteiger partial charge in [0.1, 0.15) is 11.6 Å². The molecule has 9 heteroatoms. The van der Waals surface area contributed by atoms with Gasteiger partial charge in [0.15, 0.2) is 5.82 Å². The molecule has 1 aromatic carbocycles. The van der Waals surface area contributed by atoms with E-state index in [1.807, 2.05) is 0 Å². The molecule has 26 heavy (non-hydrogen) atoms. The van der Waals surface area contributed by atoms with Gasteiger partial charge in [0.05, 0.1) is 18.1 Å². The van der Waals surface area contributed by atoms with Crippen molar-refractivity contribution in [2.24, 2.45) is 0 Å². The molecule has 0 fully saturated rings. The molecule has 1 N–H and O–H groups in total. The van der Waals surface area contributed by atoms with Gasteiger partial charge in [0.2, 0.25) is 5.91 Å². The molecule has 0 radical (unpaired) electrons.